The van der Waals surface area contributed by atoms with E-state index in [9.17, 15) is 9.59 Å². The van der Waals surface area contributed by atoms with Crippen LogP contribution in [0.4, 0.5) is 0 Å². The number of thioether (sulfide) groups is 1. The van der Waals surface area contributed by atoms with Crippen molar-refractivity contribution in [2.45, 2.75) is 36.7 Å². The minimum atomic E-state index is -0.252. The van der Waals surface area contributed by atoms with E-state index in [0.29, 0.717) is 6.42 Å². The molecule has 5 heteroatoms. The maximum Gasteiger partial charge on any atom is 0.310 e. The summed E-state index contributed by atoms with van der Waals surface area (Å²) in [6.45, 7) is 0. The molecule has 1 aliphatic rings. The molecule has 1 aliphatic carbocycles. The SMILES string of the molecule is COC(=O)C[C@H]1CCC[C@H](SCc2ccccc2)[C@H]1C(=O)OC. The lowest BCUT2D eigenvalue weighted by atomic mass is 9.77. The van der Waals surface area contributed by atoms with Crippen LogP contribution in [0, 0.1) is 11.8 Å². The van der Waals surface area contributed by atoms with Gasteiger partial charge in [0.1, 0.15) is 0 Å². The molecule has 0 amide bonds. The van der Waals surface area contributed by atoms with Gasteiger partial charge in [0, 0.05) is 17.4 Å². The molecule has 0 aliphatic heterocycles. The highest BCUT2D eigenvalue weighted by atomic mass is 32.2. The minimum Gasteiger partial charge on any atom is -0.469 e. The van der Waals surface area contributed by atoms with Crippen molar-refractivity contribution in [2.75, 3.05) is 14.2 Å². The van der Waals surface area contributed by atoms with Gasteiger partial charge < -0.3 is 9.47 Å². The van der Waals surface area contributed by atoms with Gasteiger partial charge in [-0.15, -0.1) is 0 Å². The number of ether oxygens (including phenoxy) is 2. The van der Waals surface area contributed by atoms with E-state index in [1.54, 1.807) is 11.8 Å². The Morgan fingerprint density at radius 3 is 2.52 bits per heavy atom. The fourth-order valence-electron chi connectivity index (χ4n) is 3.22. The Morgan fingerprint density at radius 1 is 1.13 bits per heavy atom. The number of esters is 2. The fourth-order valence-corrected chi connectivity index (χ4v) is 4.69. The molecule has 0 saturated heterocycles. The summed E-state index contributed by atoms with van der Waals surface area (Å²) < 4.78 is 9.79. The second-order valence-corrected chi connectivity index (χ2v) is 7.08. The molecule has 0 unspecified atom stereocenters. The van der Waals surface area contributed by atoms with Gasteiger partial charge in [-0.3, -0.25) is 9.59 Å². The Bertz CT molecular complexity index is 517. The lowest BCUT2D eigenvalue weighted by molar-refractivity contribution is -0.150. The zero-order chi connectivity index (χ0) is 16.7. The summed E-state index contributed by atoms with van der Waals surface area (Å²) in [5.74, 6) is 0.185. The van der Waals surface area contributed by atoms with Crippen LogP contribution in [-0.4, -0.2) is 31.4 Å². The topological polar surface area (TPSA) is 52.6 Å². The third-order valence-electron chi connectivity index (χ3n) is 4.41. The Balaban J connectivity index is 2.05. The average Bonchev–Trinajstić information content (AvgIpc) is 2.60. The third kappa shape index (κ3) is 4.99. The lowest BCUT2D eigenvalue weighted by Crippen LogP contribution is -2.38. The van der Waals surface area contributed by atoms with Crippen molar-refractivity contribution >= 4 is 23.7 Å². The van der Waals surface area contributed by atoms with E-state index in [0.717, 1.165) is 25.0 Å². The van der Waals surface area contributed by atoms with Crippen LogP contribution < -0.4 is 0 Å². The van der Waals surface area contributed by atoms with Crippen molar-refractivity contribution in [3.05, 3.63) is 35.9 Å². The highest BCUT2D eigenvalue weighted by molar-refractivity contribution is 7.99. The van der Waals surface area contributed by atoms with Gasteiger partial charge in [-0.2, -0.15) is 11.8 Å². The summed E-state index contributed by atoms with van der Waals surface area (Å²) in [7, 11) is 2.81. The number of carbonyl (C=O) groups is 2. The van der Waals surface area contributed by atoms with E-state index in [4.69, 9.17) is 9.47 Å². The van der Waals surface area contributed by atoms with Gasteiger partial charge in [0.05, 0.1) is 20.1 Å². The Labute approximate surface area is 141 Å². The fraction of sp³-hybridized carbons (Fsp3) is 0.556. The zero-order valence-corrected chi connectivity index (χ0v) is 14.5. The number of hydrogen-bond acceptors (Lipinski definition) is 5. The van der Waals surface area contributed by atoms with Crippen LogP contribution in [0.25, 0.3) is 0 Å². The predicted molar refractivity (Wildman–Crippen MR) is 91.0 cm³/mol. The van der Waals surface area contributed by atoms with Gasteiger partial charge in [-0.25, -0.2) is 0 Å². The van der Waals surface area contributed by atoms with E-state index in [-0.39, 0.29) is 29.0 Å². The third-order valence-corrected chi connectivity index (χ3v) is 5.87. The molecule has 1 fully saturated rings. The van der Waals surface area contributed by atoms with Crippen molar-refractivity contribution in [1.82, 2.24) is 0 Å². The maximum atomic E-state index is 12.3. The van der Waals surface area contributed by atoms with E-state index in [2.05, 4.69) is 12.1 Å². The molecule has 0 aromatic heterocycles. The van der Waals surface area contributed by atoms with Crippen molar-refractivity contribution in [1.29, 1.82) is 0 Å². The van der Waals surface area contributed by atoms with Crippen LogP contribution in [0.5, 0.6) is 0 Å². The largest absolute Gasteiger partial charge is 0.469 e. The summed E-state index contributed by atoms with van der Waals surface area (Å²) >= 11 is 1.79. The normalized spacial score (nSPS) is 24.0. The highest BCUT2D eigenvalue weighted by Gasteiger charge is 2.40. The van der Waals surface area contributed by atoms with Gasteiger partial charge >= 0.3 is 11.9 Å². The molecule has 0 N–H and O–H groups in total. The van der Waals surface area contributed by atoms with Gasteiger partial charge in [-0.1, -0.05) is 36.8 Å². The minimum absolute atomic E-state index is 0.0110. The lowest BCUT2D eigenvalue weighted by Gasteiger charge is -2.35. The second kappa shape index (κ2) is 8.96. The number of hydrogen-bond donors (Lipinski definition) is 0. The first kappa shape index (κ1) is 17.9. The van der Waals surface area contributed by atoms with E-state index in [1.807, 2.05) is 18.2 Å². The second-order valence-electron chi connectivity index (χ2n) is 5.86. The number of rotatable bonds is 6. The predicted octanol–water partition coefficient (Wildman–Crippen LogP) is 3.44. The van der Waals surface area contributed by atoms with Crippen molar-refractivity contribution in [2.24, 2.45) is 11.8 Å². The number of carbonyl (C=O) groups excluding carboxylic acids is 2. The maximum absolute atomic E-state index is 12.3. The number of benzene rings is 1. The Hall–Kier alpha value is -1.49. The van der Waals surface area contributed by atoms with Crippen LogP contribution in [0.2, 0.25) is 0 Å². The van der Waals surface area contributed by atoms with Crippen LogP contribution in [0.3, 0.4) is 0 Å². The summed E-state index contributed by atoms with van der Waals surface area (Å²) in [5, 5.41) is 0.186. The summed E-state index contributed by atoms with van der Waals surface area (Å²) in [5.41, 5.74) is 1.25. The van der Waals surface area contributed by atoms with Crippen molar-refractivity contribution < 1.29 is 19.1 Å². The molecule has 126 valence electrons. The molecule has 0 heterocycles. The first-order chi connectivity index (χ1) is 11.2. The van der Waals surface area contributed by atoms with Crippen molar-refractivity contribution in [3.63, 3.8) is 0 Å². The molecule has 0 spiro atoms. The monoisotopic (exact) mass is 336 g/mol. The van der Waals surface area contributed by atoms with Crippen LogP contribution in [-0.2, 0) is 24.8 Å². The molecule has 1 aromatic rings. The van der Waals surface area contributed by atoms with Crippen molar-refractivity contribution in [3.8, 4) is 0 Å². The molecule has 1 saturated carbocycles. The average molecular weight is 336 g/mol. The van der Waals surface area contributed by atoms with E-state index in [1.165, 1.54) is 19.8 Å². The molecule has 23 heavy (non-hydrogen) atoms. The van der Waals surface area contributed by atoms with E-state index >= 15 is 0 Å². The molecule has 4 nitrogen and oxygen atoms in total. The smallest absolute Gasteiger partial charge is 0.310 e. The summed E-state index contributed by atoms with van der Waals surface area (Å²) in [6, 6.07) is 10.2. The highest BCUT2D eigenvalue weighted by Crippen LogP contribution is 2.41. The molecular weight excluding hydrogens is 312 g/mol. The Morgan fingerprint density at radius 2 is 1.87 bits per heavy atom. The molecule has 2 rings (SSSR count). The molecule has 0 bridgehead atoms. The van der Waals surface area contributed by atoms with Gasteiger partial charge in [0.15, 0.2) is 0 Å². The Kier molecular flexibility index (Phi) is 6.96. The zero-order valence-electron chi connectivity index (χ0n) is 13.7. The first-order valence-electron chi connectivity index (χ1n) is 7.96. The number of methoxy groups -OCH3 is 2. The first-order valence-corrected chi connectivity index (χ1v) is 9.00. The van der Waals surface area contributed by atoms with E-state index < -0.39 is 0 Å². The molecule has 3 atom stereocenters. The summed E-state index contributed by atoms with van der Waals surface area (Å²) in [6.07, 6.45) is 3.17. The van der Waals surface area contributed by atoms with Gasteiger partial charge in [-0.05, 0) is 24.3 Å². The van der Waals surface area contributed by atoms with Crippen LogP contribution >= 0.6 is 11.8 Å². The molecule has 1 aromatic carbocycles. The van der Waals surface area contributed by atoms with Gasteiger partial charge in [0.25, 0.3) is 0 Å². The summed E-state index contributed by atoms with van der Waals surface area (Å²) in [4.78, 5) is 23.9. The standard InChI is InChI=1S/C18H24O4S/c1-21-16(19)11-14-9-6-10-15(17(14)18(20)22-2)23-12-13-7-4-3-5-8-13/h3-5,7-8,14-15,17H,6,9-12H2,1-2H3/t14-,15+,17+/m1/s1. The van der Waals surface area contributed by atoms with Crippen LogP contribution in [0.15, 0.2) is 30.3 Å². The molecular formula is C18H24O4S. The van der Waals surface area contributed by atoms with Gasteiger partial charge in [0.2, 0.25) is 0 Å². The molecule has 0 radical (unpaired) electrons. The van der Waals surface area contributed by atoms with Crippen LogP contribution in [0.1, 0.15) is 31.2 Å². The quantitative estimate of drug-likeness (QED) is 0.745.